The third-order valence-corrected chi connectivity index (χ3v) is 3.40. The Morgan fingerprint density at radius 2 is 1.79 bits per heavy atom. The van der Waals surface area contributed by atoms with Gasteiger partial charge in [0.25, 0.3) is 0 Å². The van der Waals surface area contributed by atoms with Gasteiger partial charge in [-0.3, -0.25) is 0 Å². The zero-order valence-corrected chi connectivity index (χ0v) is 12.1. The number of halogens is 2. The minimum absolute atomic E-state index is 0.0631. The molecule has 0 spiro atoms. The molecule has 0 radical (unpaired) electrons. The molecule has 0 aromatic heterocycles. The van der Waals surface area contributed by atoms with Crippen molar-refractivity contribution in [2.75, 3.05) is 0 Å². The molecule has 0 aliphatic heterocycles. The van der Waals surface area contributed by atoms with Crippen molar-refractivity contribution >= 4 is 23.2 Å². The lowest BCUT2D eigenvalue weighted by Gasteiger charge is -2.11. The van der Waals surface area contributed by atoms with Crippen LogP contribution in [0.5, 0.6) is 11.5 Å². The number of benzene rings is 2. The van der Waals surface area contributed by atoms with Gasteiger partial charge in [0, 0.05) is 11.1 Å². The molecule has 0 fully saturated rings. The van der Waals surface area contributed by atoms with Crippen molar-refractivity contribution in [1.29, 1.82) is 0 Å². The van der Waals surface area contributed by atoms with E-state index < -0.39 is 0 Å². The highest BCUT2D eigenvalue weighted by Crippen LogP contribution is 2.31. The lowest BCUT2D eigenvalue weighted by molar-refractivity contribution is 0.482. The first-order valence-electron chi connectivity index (χ1n) is 6.08. The van der Waals surface area contributed by atoms with Crippen LogP contribution in [-0.4, -0.2) is 0 Å². The van der Waals surface area contributed by atoms with Gasteiger partial charge in [0.15, 0.2) is 0 Å². The molecule has 1 atom stereocenters. The van der Waals surface area contributed by atoms with Crippen molar-refractivity contribution in [3.63, 3.8) is 0 Å². The van der Waals surface area contributed by atoms with Gasteiger partial charge in [0.05, 0.1) is 5.02 Å². The van der Waals surface area contributed by atoms with Crippen molar-refractivity contribution in [2.45, 2.75) is 19.4 Å². The van der Waals surface area contributed by atoms with E-state index in [1.54, 1.807) is 18.2 Å². The molecule has 0 unspecified atom stereocenters. The van der Waals surface area contributed by atoms with E-state index in [0.29, 0.717) is 15.8 Å². The molecule has 2 nitrogen and oxygen atoms in total. The SMILES string of the molecule is CC[C@H](N)c1ccc(Oc2ccc(Cl)cc2Cl)cc1. The topological polar surface area (TPSA) is 35.2 Å². The van der Waals surface area contributed by atoms with Crippen LogP contribution < -0.4 is 10.5 Å². The Balaban J connectivity index is 2.15. The molecule has 2 N–H and O–H groups in total. The predicted octanol–water partition coefficient (Wildman–Crippen LogP) is 5.20. The molecule has 0 bridgehead atoms. The zero-order valence-electron chi connectivity index (χ0n) is 10.6. The highest BCUT2D eigenvalue weighted by atomic mass is 35.5. The Kier molecular flexibility index (Phi) is 4.70. The van der Waals surface area contributed by atoms with Gasteiger partial charge in [-0.25, -0.2) is 0 Å². The van der Waals surface area contributed by atoms with E-state index in [1.165, 1.54) is 0 Å². The normalized spacial score (nSPS) is 12.2. The van der Waals surface area contributed by atoms with Crippen molar-refractivity contribution in [3.8, 4) is 11.5 Å². The Morgan fingerprint density at radius 1 is 1.11 bits per heavy atom. The van der Waals surface area contributed by atoms with Crippen LogP contribution in [0.2, 0.25) is 10.0 Å². The monoisotopic (exact) mass is 295 g/mol. The molecule has 2 aromatic carbocycles. The summed E-state index contributed by atoms with van der Waals surface area (Å²) in [6.45, 7) is 2.06. The molecular formula is C15H15Cl2NO. The van der Waals surface area contributed by atoms with Gasteiger partial charge in [0.1, 0.15) is 11.5 Å². The lowest BCUT2D eigenvalue weighted by atomic mass is 10.1. The third kappa shape index (κ3) is 3.63. The third-order valence-electron chi connectivity index (χ3n) is 2.87. The van der Waals surface area contributed by atoms with Gasteiger partial charge >= 0.3 is 0 Å². The Hall–Kier alpha value is -1.22. The first kappa shape index (κ1) is 14.2. The summed E-state index contributed by atoms with van der Waals surface area (Å²) in [5.41, 5.74) is 7.06. The smallest absolute Gasteiger partial charge is 0.146 e. The van der Waals surface area contributed by atoms with Gasteiger partial charge in [0.2, 0.25) is 0 Å². The average Bonchev–Trinajstić information content (AvgIpc) is 2.42. The first-order chi connectivity index (χ1) is 9.10. The number of ether oxygens (including phenoxy) is 1. The molecule has 0 heterocycles. The van der Waals surface area contributed by atoms with Gasteiger partial charge in [-0.1, -0.05) is 42.3 Å². The predicted molar refractivity (Wildman–Crippen MR) is 80.2 cm³/mol. The summed E-state index contributed by atoms with van der Waals surface area (Å²) in [5.74, 6) is 1.30. The maximum absolute atomic E-state index is 6.05. The van der Waals surface area contributed by atoms with E-state index in [1.807, 2.05) is 24.3 Å². The quantitative estimate of drug-likeness (QED) is 0.842. The van der Waals surface area contributed by atoms with Gasteiger partial charge in [-0.15, -0.1) is 0 Å². The molecule has 0 aliphatic rings. The van der Waals surface area contributed by atoms with E-state index in [9.17, 15) is 0 Å². The Bertz CT molecular complexity index is 555. The standard InChI is InChI=1S/C15H15Cl2NO/c1-2-14(18)10-3-6-12(7-4-10)19-15-8-5-11(16)9-13(15)17/h3-9,14H,2,18H2,1H3/t14-/m0/s1. The lowest BCUT2D eigenvalue weighted by Crippen LogP contribution is -2.07. The summed E-state index contributed by atoms with van der Waals surface area (Å²) in [5, 5.41) is 1.07. The molecule has 0 saturated carbocycles. The maximum Gasteiger partial charge on any atom is 0.146 e. The number of rotatable bonds is 4. The second kappa shape index (κ2) is 6.29. The summed E-state index contributed by atoms with van der Waals surface area (Å²) in [6.07, 6.45) is 0.906. The van der Waals surface area contributed by atoms with E-state index in [2.05, 4.69) is 6.92 Å². The molecule has 2 rings (SSSR count). The van der Waals surface area contributed by atoms with Crippen LogP contribution in [0.1, 0.15) is 24.9 Å². The zero-order chi connectivity index (χ0) is 13.8. The molecule has 100 valence electrons. The fourth-order valence-corrected chi connectivity index (χ4v) is 2.15. The maximum atomic E-state index is 6.05. The Labute approximate surface area is 123 Å². The van der Waals surface area contributed by atoms with Crippen LogP contribution in [0.15, 0.2) is 42.5 Å². The molecule has 0 saturated heterocycles. The van der Waals surface area contributed by atoms with E-state index in [-0.39, 0.29) is 6.04 Å². The number of hydrogen-bond acceptors (Lipinski definition) is 2. The molecule has 0 amide bonds. The summed E-state index contributed by atoms with van der Waals surface area (Å²) < 4.78 is 5.70. The largest absolute Gasteiger partial charge is 0.456 e. The van der Waals surface area contributed by atoms with Crippen LogP contribution in [0.4, 0.5) is 0 Å². The summed E-state index contributed by atoms with van der Waals surface area (Å²) in [4.78, 5) is 0. The van der Waals surface area contributed by atoms with Gasteiger partial charge in [-0.2, -0.15) is 0 Å². The van der Waals surface area contributed by atoms with Crippen LogP contribution >= 0.6 is 23.2 Å². The molecule has 4 heteroatoms. The number of hydrogen-bond donors (Lipinski definition) is 1. The van der Waals surface area contributed by atoms with Crippen molar-refractivity contribution in [3.05, 3.63) is 58.1 Å². The van der Waals surface area contributed by atoms with Crippen LogP contribution in [0, 0.1) is 0 Å². The Morgan fingerprint density at radius 3 is 2.37 bits per heavy atom. The summed E-state index contributed by atoms with van der Waals surface area (Å²) >= 11 is 11.9. The van der Waals surface area contributed by atoms with E-state index in [0.717, 1.165) is 17.7 Å². The van der Waals surface area contributed by atoms with Gasteiger partial charge in [-0.05, 0) is 42.3 Å². The van der Waals surface area contributed by atoms with E-state index in [4.69, 9.17) is 33.7 Å². The molecule has 2 aromatic rings. The summed E-state index contributed by atoms with van der Waals surface area (Å²) in [7, 11) is 0. The summed E-state index contributed by atoms with van der Waals surface area (Å²) in [6, 6.07) is 12.9. The first-order valence-corrected chi connectivity index (χ1v) is 6.84. The fourth-order valence-electron chi connectivity index (χ4n) is 1.70. The highest BCUT2D eigenvalue weighted by molar-refractivity contribution is 6.35. The second-order valence-electron chi connectivity index (χ2n) is 4.26. The average molecular weight is 296 g/mol. The van der Waals surface area contributed by atoms with Gasteiger partial charge < -0.3 is 10.5 Å². The number of nitrogens with two attached hydrogens (primary N) is 1. The fraction of sp³-hybridized carbons (Fsp3) is 0.200. The minimum Gasteiger partial charge on any atom is -0.456 e. The molecule has 0 aliphatic carbocycles. The van der Waals surface area contributed by atoms with Crippen molar-refractivity contribution in [1.82, 2.24) is 0 Å². The van der Waals surface area contributed by atoms with Crippen LogP contribution in [0.25, 0.3) is 0 Å². The second-order valence-corrected chi connectivity index (χ2v) is 5.10. The molecule has 19 heavy (non-hydrogen) atoms. The van der Waals surface area contributed by atoms with E-state index >= 15 is 0 Å². The minimum atomic E-state index is 0.0631. The van der Waals surface area contributed by atoms with Crippen molar-refractivity contribution in [2.24, 2.45) is 5.73 Å². The van der Waals surface area contributed by atoms with Crippen molar-refractivity contribution < 1.29 is 4.74 Å². The van der Waals surface area contributed by atoms with Crippen LogP contribution in [-0.2, 0) is 0 Å². The molecular weight excluding hydrogens is 281 g/mol. The highest BCUT2D eigenvalue weighted by Gasteiger charge is 2.06. The van der Waals surface area contributed by atoms with Crippen LogP contribution in [0.3, 0.4) is 0 Å².